The Morgan fingerprint density at radius 3 is 2.44 bits per heavy atom. The third kappa shape index (κ3) is 4.73. The van der Waals surface area contributed by atoms with Crippen molar-refractivity contribution in [1.82, 2.24) is 0 Å². The van der Waals surface area contributed by atoms with Crippen molar-refractivity contribution in [2.75, 3.05) is 0 Å². The van der Waals surface area contributed by atoms with Gasteiger partial charge in [0.2, 0.25) is 0 Å². The van der Waals surface area contributed by atoms with Gasteiger partial charge in [0.25, 0.3) is 0 Å². The molecule has 1 aromatic rings. The molecule has 0 atom stereocenters. The summed E-state index contributed by atoms with van der Waals surface area (Å²) in [6.07, 6.45) is 1.71. The van der Waals surface area contributed by atoms with E-state index >= 15 is 0 Å². The van der Waals surface area contributed by atoms with Gasteiger partial charge < -0.3 is 4.74 Å². The molecule has 0 saturated heterocycles. The SMILES string of the molecule is [CH2]CCCC(=O)OC(=O)Cc1ccccc1. The van der Waals surface area contributed by atoms with E-state index in [1.165, 1.54) is 0 Å². The van der Waals surface area contributed by atoms with Gasteiger partial charge in [0.05, 0.1) is 6.42 Å². The first-order valence-corrected chi connectivity index (χ1v) is 5.29. The van der Waals surface area contributed by atoms with Gasteiger partial charge >= 0.3 is 11.9 Å². The zero-order valence-corrected chi connectivity index (χ0v) is 9.15. The summed E-state index contributed by atoms with van der Waals surface area (Å²) in [5.41, 5.74) is 0.845. The summed E-state index contributed by atoms with van der Waals surface area (Å²) in [4.78, 5) is 22.5. The normalized spacial score (nSPS) is 9.81. The third-order valence-electron chi connectivity index (χ3n) is 2.05. The predicted octanol–water partition coefficient (Wildman–Crippen LogP) is 2.30. The molecular formula is C13H15O3. The number of hydrogen-bond donors (Lipinski definition) is 0. The predicted molar refractivity (Wildman–Crippen MR) is 60.5 cm³/mol. The van der Waals surface area contributed by atoms with E-state index in [0.29, 0.717) is 12.8 Å². The lowest BCUT2D eigenvalue weighted by Gasteiger charge is -2.02. The van der Waals surface area contributed by atoms with Crippen LogP contribution in [0.2, 0.25) is 0 Å². The minimum Gasteiger partial charge on any atom is -0.393 e. The lowest BCUT2D eigenvalue weighted by molar-refractivity contribution is -0.159. The monoisotopic (exact) mass is 219 g/mol. The molecule has 3 nitrogen and oxygen atoms in total. The zero-order chi connectivity index (χ0) is 11.8. The number of carbonyl (C=O) groups excluding carboxylic acids is 2. The second-order valence-corrected chi connectivity index (χ2v) is 3.47. The van der Waals surface area contributed by atoms with Crippen LogP contribution in [0.5, 0.6) is 0 Å². The molecule has 0 fully saturated rings. The first-order valence-electron chi connectivity index (χ1n) is 5.29. The van der Waals surface area contributed by atoms with Gasteiger partial charge in [-0.2, -0.15) is 0 Å². The van der Waals surface area contributed by atoms with Gasteiger partial charge in [0, 0.05) is 6.42 Å². The number of unbranched alkanes of at least 4 members (excludes halogenated alkanes) is 1. The average Bonchev–Trinajstić information content (AvgIpc) is 2.27. The van der Waals surface area contributed by atoms with Crippen molar-refractivity contribution in [3.05, 3.63) is 42.8 Å². The summed E-state index contributed by atoms with van der Waals surface area (Å²) < 4.78 is 4.65. The lowest BCUT2D eigenvalue weighted by atomic mass is 10.2. The Morgan fingerprint density at radius 1 is 1.12 bits per heavy atom. The Bertz CT molecular complexity index is 343. The number of hydrogen-bond acceptors (Lipinski definition) is 3. The van der Waals surface area contributed by atoms with Crippen LogP contribution in [-0.2, 0) is 20.7 Å². The first kappa shape index (κ1) is 12.4. The highest BCUT2D eigenvalue weighted by molar-refractivity contribution is 5.86. The van der Waals surface area contributed by atoms with Crippen molar-refractivity contribution in [3.8, 4) is 0 Å². The highest BCUT2D eigenvalue weighted by Gasteiger charge is 2.10. The van der Waals surface area contributed by atoms with Crippen LogP contribution in [0.4, 0.5) is 0 Å². The van der Waals surface area contributed by atoms with E-state index in [1.54, 1.807) is 0 Å². The molecule has 16 heavy (non-hydrogen) atoms. The van der Waals surface area contributed by atoms with Crippen molar-refractivity contribution in [3.63, 3.8) is 0 Å². The Kier molecular flexibility index (Phi) is 5.26. The molecule has 0 aromatic heterocycles. The highest BCUT2D eigenvalue weighted by atomic mass is 16.6. The van der Waals surface area contributed by atoms with Crippen molar-refractivity contribution >= 4 is 11.9 Å². The maximum atomic E-state index is 11.3. The molecule has 3 heteroatoms. The number of rotatable bonds is 5. The number of benzene rings is 1. The van der Waals surface area contributed by atoms with Gasteiger partial charge in [-0.25, -0.2) is 0 Å². The minimum absolute atomic E-state index is 0.136. The van der Waals surface area contributed by atoms with E-state index in [-0.39, 0.29) is 12.8 Å². The maximum absolute atomic E-state index is 11.3. The molecule has 85 valence electrons. The van der Waals surface area contributed by atoms with Gasteiger partial charge in [0.15, 0.2) is 0 Å². The van der Waals surface area contributed by atoms with Crippen LogP contribution in [0.25, 0.3) is 0 Å². The molecule has 0 aliphatic rings. The fourth-order valence-corrected chi connectivity index (χ4v) is 1.25. The van der Waals surface area contributed by atoms with Crippen molar-refractivity contribution in [1.29, 1.82) is 0 Å². The van der Waals surface area contributed by atoms with Crippen LogP contribution in [0.15, 0.2) is 30.3 Å². The van der Waals surface area contributed by atoms with E-state index in [0.717, 1.165) is 5.56 Å². The van der Waals surface area contributed by atoms with Crippen LogP contribution in [0, 0.1) is 6.92 Å². The molecule has 1 radical (unpaired) electrons. The second kappa shape index (κ2) is 6.77. The van der Waals surface area contributed by atoms with Gasteiger partial charge in [-0.3, -0.25) is 9.59 Å². The fourth-order valence-electron chi connectivity index (χ4n) is 1.25. The molecule has 0 N–H and O–H groups in total. The van der Waals surface area contributed by atoms with Crippen LogP contribution >= 0.6 is 0 Å². The first-order chi connectivity index (χ1) is 7.72. The summed E-state index contributed by atoms with van der Waals surface area (Å²) in [6, 6.07) is 9.19. The summed E-state index contributed by atoms with van der Waals surface area (Å²) in [6.45, 7) is 3.61. The van der Waals surface area contributed by atoms with Crippen LogP contribution in [-0.4, -0.2) is 11.9 Å². The van der Waals surface area contributed by atoms with E-state index in [2.05, 4.69) is 11.7 Å². The molecule has 1 rings (SSSR count). The van der Waals surface area contributed by atoms with Gasteiger partial charge in [0.1, 0.15) is 0 Å². The van der Waals surface area contributed by atoms with E-state index in [9.17, 15) is 9.59 Å². The summed E-state index contributed by atoms with van der Waals surface area (Å²) in [5, 5.41) is 0. The van der Waals surface area contributed by atoms with E-state index in [1.807, 2.05) is 30.3 Å². The van der Waals surface area contributed by atoms with Crippen LogP contribution in [0.1, 0.15) is 24.8 Å². The Balaban J connectivity index is 2.34. The average molecular weight is 219 g/mol. The quantitative estimate of drug-likeness (QED) is 0.563. The van der Waals surface area contributed by atoms with Crippen molar-refractivity contribution < 1.29 is 14.3 Å². The molecule has 0 aliphatic carbocycles. The second-order valence-electron chi connectivity index (χ2n) is 3.47. The number of esters is 2. The largest absolute Gasteiger partial charge is 0.393 e. The lowest BCUT2D eigenvalue weighted by Crippen LogP contribution is -2.14. The third-order valence-corrected chi connectivity index (χ3v) is 2.05. The van der Waals surface area contributed by atoms with Crippen molar-refractivity contribution in [2.24, 2.45) is 0 Å². The molecule has 0 saturated carbocycles. The Hall–Kier alpha value is -1.64. The standard InChI is InChI=1S/C13H15O3/c1-2-3-9-12(14)16-13(15)10-11-7-5-4-6-8-11/h4-8H,1-3,9-10H2. The van der Waals surface area contributed by atoms with E-state index in [4.69, 9.17) is 0 Å². The van der Waals surface area contributed by atoms with Gasteiger partial charge in [-0.1, -0.05) is 43.7 Å². The van der Waals surface area contributed by atoms with Gasteiger partial charge in [-0.15, -0.1) is 0 Å². The topological polar surface area (TPSA) is 43.4 Å². The minimum atomic E-state index is -0.500. The fraction of sp³-hybridized carbons (Fsp3) is 0.308. The van der Waals surface area contributed by atoms with Gasteiger partial charge in [-0.05, 0) is 12.0 Å². The smallest absolute Gasteiger partial charge is 0.317 e. The highest BCUT2D eigenvalue weighted by Crippen LogP contribution is 2.02. The summed E-state index contributed by atoms with van der Waals surface area (Å²) in [5.74, 6) is -0.968. The molecule has 0 heterocycles. The summed E-state index contributed by atoms with van der Waals surface area (Å²) >= 11 is 0. The molecular weight excluding hydrogens is 204 g/mol. The number of carbonyl (C=O) groups is 2. The van der Waals surface area contributed by atoms with Crippen molar-refractivity contribution in [2.45, 2.75) is 25.7 Å². The van der Waals surface area contributed by atoms with Crippen LogP contribution in [0.3, 0.4) is 0 Å². The molecule has 0 unspecified atom stereocenters. The molecule has 0 amide bonds. The molecule has 0 bridgehead atoms. The molecule has 0 aliphatic heterocycles. The Morgan fingerprint density at radius 2 is 1.81 bits per heavy atom. The Labute approximate surface area is 95.4 Å². The summed E-state index contributed by atoms with van der Waals surface area (Å²) in [7, 11) is 0. The molecule has 1 aromatic carbocycles. The maximum Gasteiger partial charge on any atom is 0.317 e. The van der Waals surface area contributed by atoms with E-state index < -0.39 is 11.9 Å². The van der Waals surface area contributed by atoms with Crippen LogP contribution < -0.4 is 0 Å². The number of ether oxygens (including phenoxy) is 1. The molecule has 0 spiro atoms. The zero-order valence-electron chi connectivity index (χ0n) is 9.15.